The predicted molar refractivity (Wildman–Crippen MR) is 92.1 cm³/mol. The normalized spacial score (nSPS) is 18.4. The van der Waals surface area contributed by atoms with Crippen LogP contribution < -0.4 is 4.90 Å². The number of anilines is 1. The highest BCUT2D eigenvalue weighted by Gasteiger charge is 2.34. The molecule has 1 aromatic carbocycles. The third kappa shape index (κ3) is 2.71. The molecule has 0 saturated carbocycles. The SMILES string of the molecule is COC(c1cccc(C#N)c1)[C@H]1CCCN1c1ccnc2ncnn12. The maximum absolute atomic E-state index is 9.18. The van der Waals surface area contributed by atoms with Crippen LogP contribution in [0.3, 0.4) is 0 Å². The summed E-state index contributed by atoms with van der Waals surface area (Å²) >= 11 is 0. The molecular weight excluding hydrogens is 316 g/mol. The molecule has 126 valence electrons. The first-order valence-electron chi connectivity index (χ1n) is 8.26. The highest BCUT2D eigenvalue weighted by molar-refractivity contribution is 5.48. The van der Waals surface area contributed by atoms with Crippen LogP contribution in [0, 0.1) is 11.3 Å². The van der Waals surface area contributed by atoms with Gasteiger partial charge < -0.3 is 9.64 Å². The van der Waals surface area contributed by atoms with Crippen molar-refractivity contribution < 1.29 is 4.74 Å². The molecule has 0 spiro atoms. The molecule has 1 aliphatic heterocycles. The molecule has 0 amide bonds. The first-order valence-corrected chi connectivity index (χ1v) is 8.26. The molecule has 0 radical (unpaired) electrons. The van der Waals surface area contributed by atoms with Crippen LogP contribution in [0.25, 0.3) is 5.78 Å². The van der Waals surface area contributed by atoms with Gasteiger partial charge in [0, 0.05) is 19.9 Å². The average molecular weight is 334 g/mol. The van der Waals surface area contributed by atoms with Gasteiger partial charge in [0.1, 0.15) is 18.2 Å². The van der Waals surface area contributed by atoms with E-state index in [1.54, 1.807) is 17.8 Å². The third-order valence-corrected chi connectivity index (χ3v) is 4.70. The van der Waals surface area contributed by atoms with Crippen molar-refractivity contribution in [3.63, 3.8) is 0 Å². The van der Waals surface area contributed by atoms with Gasteiger partial charge >= 0.3 is 0 Å². The van der Waals surface area contributed by atoms with Crippen LogP contribution in [0.4, 0.5) is 5.82 Å². The quantitative estimate of drug-likeness (QED) is 0.729. The van der Waals surface area contributed by atoms with Gasteiger partial charge in [-0.05, 0) is 36.6 Å². The lowest BCUT2D eigenvalue weighted by Gasteiger charge is -2.32. The number of benzene rings is 1. The Morgan fingerprint density at radius 1 is 1.32 bits per heavy atom. The first-order chi connectivity index (χ1) is 12.3. The summed E-state index contributed by atoms with van der Waals surface area (Å²) < 4.78 is 7.61. The number of hydrogen-bond donors (Lipinski definition) is 0. The van der Waals surface area contributed by atoms with Crippen LogP contribution in [0.2, 0.25) is 0 Å². The van der Waals surface area contributed by atoms with E-state index in [9.17, 15) is 5.26 Å². The molecule has 7 nitrogen and oxygen atoms in total. The minimum atomic E-state index is -0.123. The Morgan fingerprint density at radius 3 is 3.08 bits per heavy atom. The van der Waals surface area contributed by atoms with Crippen LogP contribution >= 0.6 is 0 Å². The van der Waals surface area contributed by atoms with Crippen molar-refractivity contribution in [2.45, 2.75) is 25.0 Å². The number of nitrogens with zero attached hydrogens (tertiary/aromatic N) is 6. The summed E-state index contributed by atoms with van der Waals surface area (Å²) in [6, 6.07) is 12.0. The molecule has 3 heterocycles. The Bertz CT molecular complexity index is 930. The van der Waals surface area contributed by atoms with Gasteiger partial charge in [-0.15, -0.1) is 0 Å². The second-order valence-electron chi connectivity index (χ2n) is 6.07. The summed E-state index contributed by atoms with van der Waals surface area (Å²) in [5, 5.41) is 13.5. The summed E-state index contributed by atoms with van der Waals surface area (Å²) in [6.45, 7) is 0.918. The Kier molecular flexibility index (Phi) is 4.04. The van der Waals surface area contributed by atoms with E-state index in [1.807, 2.05) is 30.3 Å². The number of nitriles is 1. The van der Waals surface area contributed by atoms with Crippen LogP contribution in [0.5, 0.6) is 0 Å². The fourth-order valence-electron chi connectivity index (χ4n) is 3.64. The number of methoxy groups -OCH3 is 1. The predicted octanol–water partition coefficient (Wildman–Crippen LogP) is 2.35. The van der Waals surface area contributed by atoms with E-state index < -0.39 is 0 Å². The summed E-state index contributed by atoms with van der Waals surface area (Å²) in [7, 11) is 1.72. The monoisotopic (exact) mass is 334 g/mol. The molecule has 2 atom stereocenters. The van der Waals surface area contributed by atoms with Crippen LogP contribution in [0.15, 0.2) is 42.9 Å². The van der Waals surface area contributed by atoms with E-state index in [0.717, 1.165) is 30.8 Å². The van der Waals surface area contributed by atoms with Crippen LogP contribution in [0.1, 0.15) is 30.1 Å². The van der Waals surface area contributed by atoms with Crippen LogP contribution in [-0.2, 0) is 4.74 Å². The fraction of sp³-hybridized carbons (Fsp3) is 0.333. The van der Waals surface area contributed by atoms with E-state index in [0.29, 0.717) is 11.3 Å². The van der Waals surface area contributed by atoms with E-state index >= 15 is 0 Å². The fourth-order valence-corrected chi connectivity index (χ4v) is 3.64. The zero-order valence-electron chi connectivity index (χ0n) is 13.9. The van der Waals surface area contributed by atoms with Crippen molar-refractivity contribution in [2.75, 3.05) is 18.6 Å². The second-order valence-corrected chi connectivity index (χ2v) is 6.07. The van der Waals surface area contributed by atoms with E-state index in [2.05, 4.69) is 26.0 Å². The van der Waals surface area contributed by atoms with Gasteiger partial charge in [-0.1, -0.05) is 12.1 Å². The number of hydrogen-bond acceptors (Lipinski definition) is 6. The topological polar surface area (TPSA) is 79.3 Å². The number of fused-ring (bicyclic) bond motifs is 1. The Morgan fingerprint density at radius 2 is 2.24 bits per heavy atom. The second kappa shape index (κ2) is 6.49. The zero-order valence-corrected chi connectivity index (χ0v) is 13.9. The molecule has 0 N–H and O–H groups in total. The van der Waals surface area contributed by atoms with Crippen molar-refractivity contribution in [2.24, 2.45) is 0 Å². The molecule has 3 aromatic rings. The third-order valence-electron chi connectivity index (χ3n) is 4.70. The first kappa shape index (κ1) is 15.5. The number of ether oxygens (including phenoxy) is 1. The lowest BCUT2D eigenvalue weighted by Crippen LogP contribution is -2.36. The van der Waals surface area contributed by atoms with Gasteiger partial charge in [-0.2, -0.15) is 19.9 Å². The molecule has 7 heteroatoms. The van der Waals surface area contributed by atoms with E-state index in [-0.39, 0.29) is 12.1 Å². The average Bonchev–Trinajstić information content (AvgIpc) is 3.32. The molecular formula is C18H18N6O. The summed E-state index contributed by atoms with van der Waals surface area (Å²) in [4.78, 5) is 10.7. The standard InChI is InChI=1S/C18H18N6O/c1-25-17(14-5-2-4-13(10-14)11-19)15-6-3-9-23(15)16-7-8-20-18-21-12-22-24(16)18/h2,4-5,7-8,10,12,15,17H,3,6,9H2,1H3/t15-,17?/m1/s1. The highest BCUT2D eigenvalue weighted by Crippen LogP contribution is 2.35. The Hall–Kier alpha value is -2.98. The number of aromatic nitrogens is 4. The lowest BCUT2D eigenvalue weighted by molar-refractivity contribution is 0.0810. The van der Waals surface area contributed by atoms with Gasteiger partial charge in [-0.25, -0.2) is 4.98 Å². The molecule has 25 heavy (non-hydrogen) atoms. The van der Waals surface area contributed by atoms with Gasteiger partial charge in [-0.3, -0.25) is 0 Å². The largest absolute Gasteiger partial charge is 0.375 e. The molecule has 4 rings (SSSR count). The molecule has 1 aliphatic rings. The summed E-state index contributed by atoms with van der Waals surface area (Å²) in [5.41, 5.74) is 1.66. The smallest absolute Gasteiger partial charge is 0.254 e. The lowest BCUT2D eigenvalue weighted by atomic mass is 9.98. The maximum Gasteiger partial charge on any atom is 0.254 e. The Labute approximate surface area is 145 Å². The van der Waals surface area contributed by atoms with Crippen molar-refractivity contribution in [1.82, 2.24) is 19.6 Å². The molecule has 1 fully saturated rings. The minimum Gasteiger partial charge on any atom is -0.375 e. The maximum atomic E-state index is 9.18. The zero-order chi connectivity index (χ0) is 17.2. The van der Waals surface area contributed by atoms with E-state index in [1.165, 1.54) is 6.33 Å². The summed E-state index contributed by atoms with van der Waals surface area (Å²) in [5.74, 6) is 1.55. The van der Waals surface area contributed by atoms with Gasteiger partial charge in [0.25, 0.3) is 5.78 Å². The van der Waals surface area contributed by atoms with Crippen molar-refractivity contribution in [3.8, 4) is 6.07 Å². The molecule has 1 unspecified atom stereocenters. The van der Waals surface area contributed by atoms with Crippen molar-refractivity contribution in [3.05, 3.63) is 54.0 Å². The van der Waals surface area contributed by atoms with Crippen LogP contribution in [-0.4, -0.2) is 39.3 Å². The van der Waals surface area contributed by atoms with E-state index in [4.69, 9.17) is 4.74 Å². The Balaban J connectivity index is 1.72. The van der Waals surface area contributed by atoms with Gasteiger partial charge in [0.15, 0.2) is 0 Å². The minimum absolute atomic E-state index is 0.123. The van der Waals surface area contributed by atoms with Crippen molar-refractivity contribution >= 4 is 11.6 Å². The summed E-state index contributed by atoms with van der Waals surface area (Å²) in [6.07, 6.45) is 5.23. The molecule has 2 aromatic heterocycles. The van der Waals surface area contributed by atoms with Gasteiger partial charge in [0.2, 0.25) is 0 Å². The number of rotatable bonds is 4. The molecule has 0 aliphatic carbocycles. The molecule has 0 bridgehead atoms. The highest BCUT2D eigenvalue weighted by atomic mass is 16.5. The van der Waals surface area contributed by atoms with Crippen molar-refractivity contribution in [1.29, 1.82) is 5.26 Å². The van der Waals surface area contributed by atoms with Gasteiger partial charge in [0.05, 0.1) is 17.7 Å². The molecule has 1 saturated heterocycles.